The van der Waals surface area contributed by atoms with Gasteiger partial charge in [0.25, 0.3) is 0 Å². The summed E-state index contributed by atoms with van der Waals surface area (Å²) in [5, 5.41) is 25.7. The second kappa shape index (κ2) is 9.64. The van der Waals surface area contributed by atoms with Crippen molar-refractivity contribution in [3.05, 3.63) is 28.8 Å². The van der Waals surface area contributed by atoms with Gasteiger partial charge in [0.05, 0.1) is 24.1 Å². The van der Waals surface area contributed by atoms with Crippen molar-refractivity contribution in [2.45, 2.75) is 56.2 Å². The molecule has 5 aliphatic rings. The molecule has 1 amide bonds. The van der Waals surface area contributed by atoms with Crippen LogP contribution >= 0.6 is 0 Å². The van der Waals surface area contributed by atoms with Gasteiger partial charge in [0.2, 0.25) is 5.91 Å². The average molecular weight is 566 g/mol. The minimum absolute atomic E-state index is 0.0590. The molecule has 1 aromatic rings. The van der Waals surface area contributed by atoms with Crippen molar-refractivity contribution in [3.63, 3.8) is 0 Å². The third-order valence-electron chi connectivity index (χ3n) is 10.5. The number of ketones is 5. The van der Waals surface area contributed by atoms with Crippen molar-refractivity contribution < 1.29 is 39.0 Å². The molecule has 0 aliphatic heterocycles. The highest BCUT2D eigenvalue weighted by Crippen LogP contribution is 2.51. The molecule has 0 radical (unpaired) electrons. The van der Waals surface area contributed by atoms with Crippen molar-refractivity contribution in [3.8, 4) is 5.75 Å². The molecular weight excluding hydrogens is 530 g/mol. The summed E-state index contributed by atoms with van der Waals surface area (Å²) in [6, 6.07) is 1.84. The lowest BCUT2D eigenvalue weighted by Crippen LogP contribution is -2.74. The number of carbonyl (C=O) groups excluding carboxylic acids is 6. The molecule has 4 saturated carbocycles. The first-order chi connectivity index (χ1) is 19.4. The van der Waals surface area contributed by atoms with Gasteiger partial charge in [0.15, 0.2) is 40.4 Å². The molecule has 0 heterocycles. The van der Waals surface area contributed by atoms with Crippen LogP contribution in [-0.4, -0.2) is 88.3 Å². The van der Waals surface area contributed by atoms with Crippen molar-refractivity contribution in [1.82, 2.24) is 10.2 Å². The number of primary amides is 1. The van der Waals surface area contributed by atoms with Crippen molar-refractivity contribution in [1.29, 1.82) is 0 Å². The lowest BCUT2D eigenvalue weighted by Gasteiger charge is -2.52. The van der Waals surface area contributed by atoms with Crippen LogP contribution in [0.5, 0.6) is 5.75 Å². The van der Waals surface area contributed by atoms with Crippen molar-refractivity contribution >= 4 is 34.8 Å². The van der Waals surface area contributed by atoms with Crippen LogP contribution in [0.3, 0.4) is 0 Å². The number of amides is 1. The minimum Gasteiger partial charge on any atom is -0.507 e. The maximum Gasteiger partial charge on any atom is 0.235 e. The molecule has 11 heteroatoms. The quantitative estimate of drug-likeness (QED) is 0.267. The van der Waals surface area contributed by atoms with Crippen LogP contribution in [0, 0.1) is 35.5 Å². The van der Waals surface area contributed by atoms with E-state index in [2.05, 4.69) is 5.32 Å². The fourth-order valence-electron chi connectivity index (χ4n) is 8.68. The summed E-state index contributed by atoms with van der Waals surface area (Å²) in [5.41, 5.74) is 3.02. The standard InChI is InChI=1S/C30H35N3O8/c1-33(2)24-17-10-14-9-16-15(20(35)11-32-18-8-12-3-4-13(18)7-12)5-6-19(34)22(16)25(36)21(14)27(38)30(17,41)28(39)23(26(24)37)29(31)40/h5-6,12-14,17-18,21,23-24,32,34,41H,3-4,7-11H2,1-2H3,(H2,31,40)/t12-,13+,14-,17-,18+,21?,23?,24-,30-/m0/s1. The third-order valence-corrected chi connectivity index (χ3v) is 10.5. The Labute approximate surface area is 236 Å². The van der Waals surface area contributed by atoms with Crippen LogP contribution in [0.25, 0.3) is 0 Å². The Balaban J connectivity index is 1.34. The van der Waals surface area contributed by atoms with Gasteiger partial charge < -0.3 is 21.3 Å². The van der Waals surface area contributed by atoms with Crippen LogP contribution in [0.1, 0.15) is 58.4 Å². The maximum absolute atomic E-state index is 13.9. The molecule has 1 aromatic carbocycles. The number of Topliss-reactive ketones (excluding diaryl/α,β-unsaturated/α-hetero) is 5. The number of aromatic hydroxyl groups is 1. The monoisotopic (exact) mass is 565 g/mol. The molecule has 0 aromatic heterocycles. The van der Waals surface area contributed by atoms with E-state index in [4.69, 9.17) is 5.73 Å². The molecule has 9 atom stereocenters. The Morgan fingerprint density at radius 1 is 1.05 bits per heavy atom. The average Bonchev–Trinajstić information content (AvgIpc) is 3.53. The molecular formula is C30H35N3O8. The Kier molecular flexibility index (Phi) is 6.55. The van der Waals surface area contributed by atoms with E-state index in [1.807, 2.05) is 0 Å². The third kappa shape index (κ3) is 3.96. The topological polar surface area (TPSA) is 184 Å². The predicted molar refractivity (Wildman–Crippen MR) is 143 cm³/mol. The first-order valence-corrected chi connectivity index (χ1v) is 14.3. The van der Waals surface area contributed by atoms with Crippen LogP contribution in [0.15, 0.2) is 12.1 Å². The number of fused-ring (bicyclic) bond motifs is 5. The van der Waals surface area contributed by atoms with E-state index < -0.39 is 70.1 Å². The van der Waals surface area contributed by atoms with Crippen LogP contribution in [-0.2, 0) is 25.6 Å². The SMILES string of the molecule is CN(C)[C@@H]1C(=O)C(C(N)=O)C(=O)[C@@]2(O)C(=O)C3C(=O)c4c(O)ccc(C(=O)CN[C@@H]5C[C@H]6CC[C@@H]5C6)c4C[C@H]3C[C@@H]12. The van der Waals surface area contributed by atoms with E-state index in [0.717, 1.165) is 12.8 Å². The van der Waals surface area contributed by atoms with Gasteiger partial charge in [-0.3, -0.25) is 33.7 Å². The van der Waals surface area contributed by atoms with Gasteiger partial charge in [-0.25, -0.2) is 0 Å². The number of rotatable bonds is 6. The van der Waals surface area contributed by atoms with Gasteiger partial charge in [-0.05, 0) is 81.6 Å². The van der Waals surface area contributed by atoms with Crippen LogP contribution < -0.4 is 11.1 Å². The second-order valence-electron chi connectivity index (χ2n) is 12.9. The van der Waals surface area contributed by atoms with Gasteiger partial charge in [-0.2, -0.15) is 0 Å². The summed E-state index contributed by atoms with van der Waals surface area (Å²) in [5.74, 6) is -10.1. The fraction of sp³-hybridized carbons (Fsp3) is 0.600. The summed E-state index contributed by atoms with van der Waals surface area (Å²) in [7, 11) is 3.07. The van der Waals surface area contributed by atoms with Gasteiger partial charge >= 0.3 is 0 Å². The number of carbonyl (C=O) groups is 6. The zero-order valence-corrected chi connectivity index (χ0v) is 23.1. The molecule has 0 saturated heterocycles. The number of phenolic OH excluding ortho intramolecular Hbond substituents is 1. The van der Waals surface area contributed by atoms with Gasteiger partial charge in [-0.1, -0.05) is 6.42 Å². The first-order valence-electron chi connectivity index (χ1n) is 14.3. The van der Waals surface area contributed by atoms with E-state index in [9.17, 15) is 39.0 Å². The molecule has 2 unspecified atom stereocenters. The molecule has 0 spiro atoms. The molecule has 4 fully saturated rings. The van der Waals surface area contributed by atoms with E-state index in [1.54, 1.807) is 0 Å². The normalized spacial score (nSPS) is 37.7. The molecule has 5 aliphatic carbocycles. The summed E-state index contributed by atoms with van der Waals surface area (Å²) < 4.78 is 0. The maximum atomic E-state index is 13.9. The lowest BCUT2D eigenvalue weighted by molar-refractivity contribution is -0.181. The zero-order chi connectivity index (χ0) is 29.5. The Bertz CT molecular complexity index is 1400. The number of hydrogen-bond acceptors (Lipinski definition) is 10. The smallest absolute Gasteiger partial charge is 0.235 e. The summed E-state index contributed by atoms with van der Waals surface area (Å²) in [6.45, 7) is 0.0783. The Hall–Kier alpha value is -3.28. The number of nitrogens with zero attached hydrogens (tertiary/aromatic N) is 1. The van der Waals surface area contributed by atoms with Crippen molar-refractivity contribution in [2.75, 3.05) is 20.6 Å². The van der Waals surface area contributed by atoms with Gasteiger partial charge in [0, 0.05) is 17.5 Å². The number of likely N-dealkylation sites (N-methyl/N-ethyl adjacent to an activating group) is 1. The summed E-state index contributed by atoms with van der Waals surface area (Å²) in [4.78, 5) is 81.3. The number of phenols is 1. The fourth-order valence-corrected chi connectivity index (χ4v) is 8.68. The number of aliphatic hydroxyl groups is 1. The van der Waals surface area contributed by atoms with Crippen LogP contribution in [0.2, 0.25) is 0 Å². The molecule has 6 rings (SSSR count). The first kappa shape index (κ1) is 27.9. The number of nitrogens with two attached hydrogens (primary N) is 1. The van der Waals surface area contributed by atoms with Gasteiger partial charge in [-0.15, -0.1) is 0 Å². The molecule has 11 nitrogen and oxygen atoms in total. The number of nitrogens with one attached hydrogen (secondary N) is 1. The number of benzene rings is 1. The molecule has 5 N–H and O–H groups in total. The molecule has 2 bridgehead atoms. The highest BCUT2D eigenvalue weighted by molar-refractivity contribution is 6.32. The lowest BCUT2D eigenvalue weighted by atomic mass is 9.52. The zero-order valence-electron chi connectivity index (χ0n) is 23.1. The molecule has 218 valence electrons. The van der Waals surface area contributed by atoms with E-state index in [-0.39, 0.29) is 42.3 Å². The van der Waals surface area contributed by atoms with E-state index in [0.29, 0.717) is 17.4 Å². The van der Waals surface area contributed by atoms with Crippen LogP contribution in [0.4, 0.5) is 0 Å². The number of hydrogen-bond donors (Lipinski definition) is 4. The van der Waals surface area contributed by atoms with E-state index in [1.165, 1.54) is 44.0 Å². The van der Waals surface area contributed by atoms with Crippen molar-refractivity contribution in [2.24, 2.45) is 41.2 Å². The Morgan fingerprint density at radius 3 is 2.39 bits per heavy atom. The Morgan fingerprint density at radius 2 is 1.78 bits per heavy atom. The summed E-state index contributed by atoms with van der Waals surface area (Å²) in [6.07, 6.45) is 4.62. The highest BCUT2D eigenvalue weighted by atomic mass is 16.3. The minimum atomic E-state index is -2.77. The van der Waals surface area contributed by atoms with Gasteiger partial charge in [0.1, 0.15) is 5.75 Å². The second-order valence-corrected chi connectivity index (χ2v) is 12.9. The largest absolute Gasteiger partial charge is 0.507 e. The molecule has 41 heavy (non-hydrogen) atoms. The summed E-state index contributed by atoms with van der Waals surface area (Å²) >= 11 is 0. The highest BCUT2D eigenvalue weighted by Gasteiger charge is 2.69. The van der Waals surface area contributed by atoms with E-state index >= 15 is 0 Å². The predicted octanol–water partition coefficient (Wildman–Crippen LogP) is -0.172.